The van der Waals surface area contributed by atoms with Crippen LogP contribution in [0.25, 0.3) is 11.5 Å². The largest absolute Gasteiger partial charge is 0.461 e. The summed E-state index contributed by atoms with van der Waals surface area (Å²) in [5.41, 5.74) is 4.65. The Morgan fingerprint density at radius 3 is 2.32 bits per heavy atom. The summed E-state index contributed by atoms with van der Waals surface area (Å²) in [5.74, 6) is -1.37. The highest BCUT2D eigenvalue weighted by Crippen LogP contribution is 2.26. The van der Waals surface area contributed by atoms with Crippen molar-refractivity contribution < 1.29 is 36.3 Å². The van der Waals surface area contributed by atoms with Crippen LogP contribution in [0.4, 0.5) is 17.6 Å². The predicted molar refractivity (Wildman–Crippen MR) is 99.0 cm³/mol. The molecule has 0 atom stereocenters. The van der Waals surface area contributed by atoms with Gasteiger partial charge in [0.1, 0.15) is 11.4 Å². The number of rotatable bonds is 7. The molecule has 0 aromatic carbocycles. The number of hydrogen-bond donors (Lipinski definition) is 1. The lowest BCUT2D eigenvalue weighted by Gasteiger charge is -2.04. The van der Waals surface area contributed by atoms with Crippen molar-refractivity contribution in [3.8, 4) is 11.5 Å². The molecular formula is C16H17ClF4N6O4. The van der Waals surface area contributed by atoms with Gasteiger partial charge < -0.3 is 14.9 Å². The molecule has 0 radical (unpaired) electrons. The van der Waals surface area contributed by atoms with Gasteiger partial charge in [-0.2, -0.15) is 27.8 Å². The average molecular weight is 469 g/mol. The highest BCUT2D eigenvalue weighted by atomic mass is 35.5. The van der Waals surface area contributed by atoms with Crippen molar-refractivity contribution in [2.45, 2.75) is 20.0 Å². The summed E-state index contributed by atoms with van der Waals surface area (Å²) in [7, 11) is 0. The number of carbonyl (C=O) groups excluding carboxylic acids is 2. The Hall–Kier alpha value is -3.26. The summed E-state index contributed by atoms with van der Waals surface area (Å²) in [6.07, 6.45) is 3.30. The van der Waals surface area contributed by atoms with E-state index in [0.29, 0.717) is 9.36 Å². The average Bonchev–Trinajstić information content (AvgIpc) is 3.47. The number of halogens is 5. The van der Waals surface area contributed by atoms with Crippen LogP contribution >= 0.6 is 12.4 Å². The van der Waals surface area contributed by atoms with Gasteiger partial charge in [-0.25, -0.2) is 19.1 Å². The minimum Gasteiger partial charge on any atom is -0.461 e. The summed E-state index contributed by atoms with van der Waals surface area (Å²) in [6.45, 7) is -4.15. The first-order chi connectivity index (χ1) is 14.3. The van der Waals surface area contributed by atoms with Crippen LogP contribution in [0.5, 0.6) is 0 Å². The number of oxazole rings is 1. The van der Waals surface area contributed by atoms with Crippen molar-refractivity contribution in [1.82, 2.24) is 24.5 Å². The summed E-state index contributed by atoms with van der Waals surface area (Å²) < 4.78 is 59.9. The molecule has 0 bridgehead atoms. The van der Waals surface area contributed by atoms with Gasteiger partial charge in [-0.05, 0) is 19.1 Å². The zero-order valence-electron chi connectivity index (χ0n) is 15.8. The van der Waals surface area contributed by atoms with Gasteiger partial charge in [-0.1, -0.05) is 0 Å². The molecule has 31 heavy (non-hydrogen) atoms. The Bertz CT molecular complexity index is 990. The van der Waals surface area contributed by atoms with Crippen molar-refractivity contribution in [2.24, 2.45) is 5.73 Å². The third kappa shape index (κ3) is 6.11. The molecule has 0 aliphatic heterocycles. The number of hydrogen-bond acceptors (Lipinski definition) is 8. The quantitative estimate of drug-likeness (QED) is 0.318. The second-order valence-corrected chi connectivity index (χ2v) is 5.26. The Balaban J connectivity index is 0.000000324. The van der Waals surface area contributed by atoms with Gasteiger partial charge in [0.2, 0.25) is 0 Å². The maximum Gasteiger partial charge on any atom is 0.361 e. The van der Waals surface area contributed by atoms with Crippen LogP contribution in [0.1, 0.15) is 41.0 Å². The SMILES string of the molecule is CCOC(=O)c1ncoc1-c1ccnn1C(F)F.Cl.NCC(=O)c1ccnn1C(F)F. The van der Waals surface area contributed by atoms with E-state index in [4.69, 9.17) is 14.9 Å². The van der Waals surface area contributed by atoms with Crippen LogP contribution in [-0.2, 0) is 4.74 Å². The van der Waals surface area contributed by atoms with Crippen LogP contribution in [0, 0.1) is 0 Å². The normalized spacial score (nSPS) is 10.5. The summed E-state index contributed by atoms with van der Waals surface area (Å²) >= 11 is 0. The lowest BCUT2D eigenvalue weighted by molar-refractivity contribution is 0.0512. The topological polar surface area (TPSA) is 131 Å². The monoisotopic (exact) mass is 468 g/mol. The first-order valence-electron chi connectivity index (χ1n) is 8.29. The zero-order chi connectivity index (χ0) is 22.3. The minimum atomic E-state index is -2.84. The molecule has 0 saturated heterocycles. The molecule has 0 aliphatic carbocycles. The van der Waals surface area contributed by atoms with E-state index < -0.39 is 24.9 Å². The first kappa shape index (κ1) is 25.8. The summed E-state index contributed by atoms with van der Waals surface area (Å²) in [5, 5.41) is 6.72. The fraction of sp³-hybridized carbons (Fsp3) is 0.312. The van der Waals surface area contributed by atoms with E-state index in [1.54, 1.807) is 6.92 Å². The number of ketones is 1. The maximum atomic E-state index is 12.7. The molecule has 0 saturated carbocycles. The number of nitrogens with two attached hydrogens (primary N) is 1. The van der Waals surface area contributed by atoms with E-state index in [1.807, 2.05) is 0 Å². The zero-order valence-corrected chi connectivity index (χ0v) is 16.6. The van der Waals surface area contributed by atoms with Crippen LogP contribution < -0.4 is 5.73 Å². The van der Waals surface area contributed by atoms with E-state index in [2.05, 4.69) is 15.2 Å². The molecular weight excluding hydrogens is 452 g/mol. The molecule has 3 rings (SSSR count). The number of carbonyl (C=O) groups is 2. The van der Waals surface area contributed by atoms with Gasteiger partial charge >= 0.3 is 19.1 Å². The van der Waals surface area contributed by atoms with E-state index in [0.717, 1.165) is 12.6 Å². The van der Waals surface area contributed by atoms with Crippen molar-refractivity contribution in [1.29, 1.82) is 0 Å². The number of esters is 1. The van der Waals surface area contributed by atoms with Gasteiger partial charge in [0.15, 0.2) is 23.6 Å². The van der Waals surface area contributed by atoms with E-state index in [9.17, 15) is 27.2 Å². The van der Waals surface area contributed by atoms with Gasteiger partial charge in [-0.3, -0.25) is 4.79 Å². The van der Waals surface area contributed by atoms with Crippen molar-refractivity contribution in [3.63, 3.8) is 0 Å². The van der Waals surface area contributed by atoms with Gasteiger partial charge in [0, 0.05) is 12.4 Å². The number of aromatic nitrogens is 5. The summed E-state index contributed by atoms with van der Waals surface area (Å²) in [4.78, 5) is 26.1. The second kappa shape index (κ2) is 11.8. The molecule has 170 valence electrons. The van der Waals surface area contributed by atoms with Crippen LogP contribution in [0.3, 0.4) is 0 Å². The molecule has 2 N–H and O–H groups in total. The van der Waals surface area contributed by atoms with Gasteiger partial charge in [0.05, 0.1) is 13.2 Å². The first-order valence-corrected chi connectivity index (χ1v) is 8.29. The van der Waals surface area contributed by atoms with Crippen LogP contribution in [0.15, 0.2) is 35.3 Å². The number of nitrogens with zero attached hydrogens (tertiary/aromatic N) is 5. The molecule has 3 heterocycles. The molecule has 15 heteroatoms. The Morgan fingerprint density at radius 1 is 1.13 bits per heavy atom. The molecule has 0 unspecified atom stereocenters. The Kier molecular flexibility index (Phi) is 9.82. The van der Waals surface area contributed by atoms with Crippen molar-refractivity contribution in [3.05, 3.63) is 42.3 Å². The Labute approximate surface area is 178 Å². The molecule has 10 nitrogen and oxygen atoms in total. The van der Waals surface area contributed by atoms with E-state index in [-0.39, 0.29) is 48.4 Å². The number of Topliss-reactive ketones (excluding diaryl/α,β-unsaturated/α-hetero) is 1. The molecule has 3 aromatic rings. The molecule has 0 aliphatic rings. The van der Waals surface area contributed by atoms with E-state index in [1.165, 1.54) is 18.3 Å². The fourth-order valence-corrected chi connectivity index (χ4v) is 2.22. The number of ether oxygens (including phenoxy) is 1. The van der Waals surface area contributed by atoms with Crippen LogP contribution in [0.2, 0.25) is 0 Å². The standard InChI is InChI=1S/C10H9F2N3O3.C6H7F2N3O.ClH/c1-2-17-9(16)7-8(18-5-13-7)6-3-4-14-15(6)10(11)12;7-6(8)11-4(1-2-10-11)5(12)3-9;/h3-5,10H,2H2,1H3;1-2,6H,3,9H2;1H. The van der Waals surface area contributed by atoms with Crippen LogP contribution in [-0.4, -0.2) is 49.4 Å². The fourth-order valence-electron chi connectivity index (χ4n) is 2.22. The molecule has 0 amide bonds. The van der Waals surface area contributed by atoms with Gasteiger partial charge in [0.25, 0.3) is 0 Å². The third-order valence-corrected chi connectivity index (χ3v) is 3.45. The molecule has 3 aromatic heterocycles. The maximum absolute atomic E-state index is 12.7. The highest BCUT2D eigenvalue weighted by molar-refractivity contribution is 5.95. The predicted octanol–water partition coefficient (Wildman–Crippen LogP) is 2.95. The molecule has 0 fully saturated rings. The van der Waals surface area contributed by atoms with Crippen molar-refractivity contribution >= 4 is 24.2 Å². The van der Waals surface area contributed by atoms with Gasteiger partial charge in [-0.15, -0.1) is 12.4 Å². The lowest BCUT2D eigenvalue weighted by atomic mass is 10.2. The Morgan fingerprint density at radius 2 is 1.74 bits per heavy atom. The van der Waals surface area contributed by atoms with E-state index >= 15 is 0 Å². The lowest BCUT2D eigenvalue weighted by Crippen LogP contribution is -2.18. The smallest absolute Gasteiger partial charge is 0.361 e. The second-order valence-electron chi connectivity index (χ2n) is 5.26. The highest BCUT2D eigenvalue weighted by Gasteiger charge is 2.24. The summed E-state index contributed by atoms with van der Waals surface area (Å²) in [6, 6.07) is 2.51. The minimum absolute atomic E-state index is 0. The van der Waals surface area contributed by atoms with Crippen molar-refractivity contribution in [2.75, 3.05) is 13.2 Å². The third-order valence-electron chi connectivity index (χ3n) is 3.45. The number of alkyl halides is 4. The molecule has 0 spiro atoms.